The second kappa shape index (κ2) is 27.6. The van der Waals surface area contributed by atoms with E-state index in [1.54, 1.807) is 91.7 Å². The number of aryl methyl sites for hydroxylation is 1. The van der Waals surface area contributed by atoms with E-state index >= 15 is 0 Å². The molecule has 0 aliphatic carbocycles. The molecular weight excluding hydrogens is 1240 g/mol. The van der Waals surface area contributed by atoms with E-state index < -0.39 is 77.8 Å². The van der Waals surface area contributed by atoms with Gasteiger partial charge < -0.3 is 41.7 Å². The Bertz CT molecular complexity index is 3770. The van der Waals surface area contributed by atoms with Crippen molar-refractivity contribution < 1.29 is 43.4 Å². The van der Waals surface area contributed by atoms with E-state index in [1.807, 2.05) is 20.1 Å². The van der Waals surface area contributed by atoms with Gasteiger partial charge in [-0.2, -0.15) is 0 Å². The number of pyridine rings is 1. The van der Waals surface area contributed by atoms with E-state index in [2.05, 4.69) is 36.9 Å². The van der Waals surface area contributed by atoms with Crippen LogP contribution in [0, 0.1) is 12.8 Å². The van der Waals surface area contributed by atoms with E-state index in [9.17, 15) is 38.7 Å². The number of carbonyl (C=O) groups is 7. The molecule has 22 nitrogen and oxygen atoms in total. The summed E-state index contributed by atoms with van der Waals surface area (Å²) in [4.78, 5) is 130. The van der Waals surface area contributed by atoms with Gasteiger partial charge in [0.15, 0.2) is 0 Å². The molecule has 8 heterocycles. The number of nitrogens with one attached hydrogen (secondary N) is 6. The minimum atomic E-state index is -1.27. The SMILES string of the molecule is CNC(=O)CC1NC(=O)c2csc(n2)-c2ccc(-c3nc(C(=O)NCCC(=O)OC(C)(C)C)cs3)nc2-c2csc(n2)-c2csc(n2)C(C(O)c2ccccc2)NC(=O)CNC(=O)c2nc(sc2CSSC)C(C(C)C)NC(=O)c2nc1sc2C. The van der Waals surface area contributed by atoms with Crippen molar-refractivity contribution in [3.8, 4) is 43.4 Å². The summed E-state index contributed by atoms with van der Waals surface area (Å²) in [6.07, 6.45) is 0.390. The Hall–Kier alpha value is -6.90. The van der Waals surface area contributed by atoms with Crippen LogP contribution in [0.2, 0.25) is 0 Å². The maximum atomic E-state index is 14.3. The molecule has 85 heavy (non-hydrogen) atoms. The van der Waals surface area contributed by atoms with E-state index in [0.717, 1.165) is 11.3 Å². The number of carbonyl (C=O) groups excluding carboxylic acids is 7. The summed E-state index contributed by atoms with van der Waals surface area (Å²) in [5.74, 6) is -3.55. The van der Waals surface area contributed by atoms with Gasteiger partial charge in [0.05, 0.1) is 37.2 Å². The molecule has 0 saturated heterocycles. The van der Waals surface area contributed by atoms with Crippen molar-refractivity contribution in [3.63, 3.8) is 0 Å². The number of fused-ring (bicyclic) bond motifs is 14. The minimum Gasteiger partial charge on any atom is -0.460 e. The molecule has 30 heteroatoms. The van der Waals surface area contributed by atoms with Gasteiger partial charge >= 0.3 is 5.97 Å². The number of ether oxygens (including phenoxy) is 1. The molecule has 4 unspecified atom stereocenters. The maximum absolute atomic E-state index is 14.3. The third-order valence-corrected chi connectivity index (χ3v) is 20.2. The zero-order valence-corrected chi connectivity index (χ0v) is 53.4. The van der Waals surface area contributed by atoms with Gasteiger partial charge in [0, 0.05) is 56.2 Å². The summed E-state index contributed by atoms with van der Waals surface area (Å²) in [5, 5.41) is 37.9. The first-order valence-corrected chi connectivity index (χ1v) is 34.1. The van der Waals surface area contributed by atoms with Crippen molar-refractivity contribution in [2.75, 3.05) is 26.4 Å². The van der Waals surface area contributed by atoms with E-state index in [1.165, 1.54) is 85.3 Å². The largest absolute Gasteiger partial charge is 0.460 e. The fourth-order valence-corrected chi connectivity index (χ4v) is 15.5. The van der Waals surface area contributed by atoms with Crippen molar-refractivity contribution in [1.82, 2.24) is 66.8 Å². The molecular formula is C55H57N13O9S8. The first-order chi connectivity index (χ1) is 40.7. The summed E-state index contributed by atoms with van der Waals surface area (Å²) in [7, 11) is 4.48. The molecule has 0 saturated carbocycles. The number of aliphatic hydroxyl groups excluding tert-OH is 1. The number of aromatic nitrogens is 7. The van der Waals surface area contributed by atoms with Crippen LogP contribution in [0.1, 0.15) is 144 Å². The van der Waals surface area contributed by atoms with Gasteiger partial charge in [0.1, 0.15) is 87.7 Å². The van der Waals surface area contributed by atoms with Crippen LogP contribution in [0.25, 0.3) is 43.4 Å². The van der Waals surface area contributed by atoms with E-state index in [4.69, 9.17) is 34.6 Å². The normalized spacial score (nSPS) is 16.4. The van der Waals surface area contributed by atoms with Gasteiger partial charge in [-0.3, -0.25) is 33.6 Å². The smallest absolute Gasteiger partial charge is 0.308 e. The molecule has 9 rings (SSSR count). The fourth-order valence-electron chi connectivity index (χ4n) is 8.43. The Morgan fingerprint density at radius 1 is 0.729 bits per heavy atom. The molecule has 10 bridgehead atoms. The summed E-state index contributed by atoms with van der Waals surface area (Å²) in [5.41, 5.74) is 2.18. The monoisotopic (exact) mass is 1300 g/mol. The second-order valence-electron chi connectivity index (χ2n) is 20.3. The molecule has 1 aliphatic rings. The van der Waals surface area contributed by atoms with Crippen LogP contribution in [0.3, 0.4) is 0 Å². The first-order valence-electron chi connectivity index (χ1n) is 26.3. The minimum absolute atomic E-state index is 0.0225. The van der Waals surface area contributed by atoms with Gasteiger partial charge in [-0.15, -0.1) is 68.0 Å². The standard InChI is InChI=1S/C55H57N13O9S8/c1-25(2)39-54-68-42(35(85-54)24-83-78-8)47(75)58-19-37(70)65-43(44(72)27-12-10-9-11-13-27)53-64-34(23-82-53)51-61-31(20-80-51)41-28(14-15-29(59-41)50-63-32(21-81-50)45(73)57-17-16-38(71)77-55(4,5)6)49-62-33(22-79-49)46(74)60-30(18-36(69)56-7)52-67-40(26(3)84-52)48(76)66-39/h9-15,20-23,25,30,39,43-44,72H,16-19,24H2,1-8H3,(H,56,69)(H,57,73)(H,58,75)(H,60,74)(H,65,70)(H,66,76). The number of rotatable bonds is 13. The number of hydrogen-bond acceptors (Lipinski definition) is 24. The topological polar surface area (TPSA) is 311 Å². The number of aliphatic hydroxyl groups is 1. The maximum Gasteiger partial charge on any atom is 0.308 e. The van der Waals surface area contributed by atoms with Crippen molar-refractivity contribution in [1.29, 1.82) is 0 Å². The lowest BCUT2D eigenvalue weighted by atomic mass is 10.0. The van der Waals surface area contributed by atoms with Crippen LogP contribution in [0.5, 0.6) is 0 Å². The number of thiazole rings is 6. The summed E-state index contributed by atoms with van der Waals surface area (Å²) >= 11 is 7.23. The lowest BCUT2D eigenvalue weighted by Gasteiger charge is -2.23. The van der Waals surface area contributed by atoms with Gasteiger partial charge in [0.25, 0.3) is 23.6 Å². The Labute approximate surface area is 520 Å². The van der Waals surface area contributed by atoms with Crippen molar-refractivity contribution in [2.45, 2.75) is 90.0 Å². The van der Waals surface area contributed by atoms with Crippen molar-refractivity contribution in [2.24, 2.45) is 5.92 Å². The summed E-state index contributed by atoms with van der Waals surface area (Å²) < 4.78 is 5.36. The van der Waals surface area contributed by atoms with E-state index in [-0.39, 0.29) is 48.1 Å². The van der Waals surface area contributed by atoms with Gasteiger partial charge in [-0.05, 0) is 57.6 Å². The number of nitrogens with zero attached hydrogens (tertiary/aromatic N) is 7. The first kappa shape index (κ1) is 62.6. The number of esters is 1. The van der Waals surface area contributed by atoms with E-state index in [0.29, 0.717) is 79.5 Å². The molecule has 0 radical (unpaired) electrons. The van der Waals surface area contributed by atoms with Gasteiger partial charge in [-0.25, -0.2) is 34.9 Å². The predicted octanol–water partition coefficient (Wildman–Crippen LogP) is 9.14. The summed E-state index contributed by atoms with van der Waals surface area (Å²) in [6, 6.07) is 9.53. The lowest BCUT2D eigenvalue weighted by Crippen LogP contribution is -2.40. The Balaban J connectivity index is 1.10. The van der Waals surface area contributed by atoms with Crippen LogP contribution in [0.15, 0.2) is 64.0 Å². The van der Waals surface area contributed by atoms with Crippen LogP contribution in [-0.2, 0) is 24.9 Å². The quantitative estimate of drug-likeness (QED) is 0.0418. The Morgan fingerprint density at radius 3 is 2.18 bits per heavy atom. The zero-order chi connectivity index (χ0) is 60.7. The van der Waals surface area contributed by atoms with Crippen molar-refractivity contribution in [3.05, 3.63) is 117 Å². The Kier molecular flexibility index (Phi) is 20.4. The highest BCUT2D eigenvalue weighted by atomic mass is 33.1. The molecule has 0 spiro atoms. The number of hydrogen-bond donors (Lipinski definition) is 7. The highest BCUT2D eigenvalue weighted by molar-refractivity contribution is 8.76. The fraction of sp³-hybridized carbons (Fsp3) is 0.345. The molecule has 7 N–H and O–H groups in total. The summed E-state index contributed by atoms with van der Waals surface area (Å²) in [6.45, 7) is 10.4. The molecule has 1 aromatic carbocycles. The van der Waals surface area contributed by atoms with Crippen LogP contribution in [-0.4, -0.2) is 113 Å². The highest BCUT2D eigenvalue weighted by Crippen LogP contribution is 2.40. The number of benzene rings is 1. The lowest BCUT2D eigenvalue weighted by molar-refractivity contribution is -0.154. The van der Waals surface area contributed by atoms with Crippen molar-refractivity contribution >= 4 is 131 Å². The number of amides is 6. The molecule has 8 aromatic rings. The van der Waals surface area contributed by atoms with Crippen LogP contribution < -0.4 is 31.9 Å². The molecule has 1 aliphatic heterocycles. The van der Waals surface area contributed by atoms with Crippen LogP contribution >= 0.6 is 89.6 Å². The Morgan fingerprint density at radius 2 is 1.44 bits per heavy atom. The average Bonchev–Trinajstić information content (AvgIpc) is 2.87. The zero-order valence-electron chi connectivity index (χ0n) is 46.9. The average molecular weight is 1300 g/mol. The van der Waals surface area contributed by atoms with Gasteiger partial charge in [-0.1, -0.05) is 65.8 Å². The van der Waals surface area contributed by atoms with Gasteiger partial charge in [0.2, 0.25) is 11.8 Å². The second-order valence-corrected chi connectivity index (χ2v) is 28.6. The third kappa shape index (κ3) is 15.4. The molecule has 7 aromatic heterocycles. The molecule has 6 amide bonds. The molecule has 4 atom stereocenters. The molecule has 444 valence electrons. The van der Waals surface area contributed by atoms with Crippen LogP contribution in [0.4, 0.5) is 0 Å². The predicted molar refractivity (Wildman–Crippen MR) is 334 cm³/mol. The highest BCUT2D eigenvalue weighted by Gasteiger charge is 2.33. The third-order valence-electron chi connectivity index (χ3n) is 12.5. The molecule has 0 fully saturated rings.